The summed E-state index contributed by atoms with van der Waals surface area (Å²) in [7, 11) is 0. The Morgan fingerprint density at radius 2 is 1.84 bits per heavy atom. The number of para-hydroxylation sites is 1. The number of hydrogen-bond donors (Lipinski definition) is 3. The standard InChI is InChI=1S/C18H19N3O4/c1-2-10-19-17(23)13-6-3-4-7-14(13)21-16(22)9-11-20-18(24)15-8-5-12-25-15/h2-8,12H,1,9-11H2,(H,19,23)(H,20,24)(H,21,22). The second-order valence-electron chi connectivity index (χ2n) is 5.08. The van der Waals surface area contributed by atoms with E-state index in [0.29, 0.717) is 17.8 Å². The summed E-state index contributed by atoms with van der Waals surface area (Å²) in [4.78, 5) is 35.8. The number of furan rings is 1. The summed E-state index contributed by atoms with van der Waals surface area (Å²) in [6, 6.07) is 9.83. The third-order valence-electron chi connectivity index (χ3n) is 3.24. The number of nitrogens with one attached hydrogen (secondary N) is 3. The second-order valence-corrected chi connectivity index (χ2v) is 5.08. The zero-order valence-corrected chi connectivity index (χ0v) is 13.6. The SMILES string of the molecule is C=CCNC(=O)c1ccccc1NC(=O)CCNC(=O)c1ccco1. The molecule has 7 nitrogen and oxygen atoms in total. The first-order chi connectivity index (χ1) is 12.1. The third-order valence-corrected chi connectivity index (χ3v) is 3.24. The molecule has 0 saturated carbocycles. The van der Waals surface area contributed by atoms with Crippen molar-refractivity contribution in [2.45, 2.75) is 6.42 Å². The largest absolute Gasteiger partial charge is 0.459 e. The first kappa shape index (κ1) is 18.0. The molecule has 0 aliphatic heterocycles. The Labute approximate surface area is 145 Å². The van der Waals surface area contributed by atoms with Gasteiger partial charge in [0.05, 0.1) is 17.5 Å². The molecule has 130 valence electrons. The van der Waals surface area contributed by atoms with Gasteiger partial charge in [0.15, 0.2) is 5.76 Å². The van der Waals surface area contributed by atoms with Crippen molar-refractivity contribution in [3.8, 4) is 0 Å². The van der Waals surface area contributed by atoms with E-state index in [0.717, 1.165) is 0 Å². The summed E-state index contributed by atoms with van der Waals surface area (Å²) >= 11 is 0. The Morgan fingerprint density at radius 3 is 2.56 bits per heavy atom. The van der Waals surface area contributed by atoms with Crippen LogP contribution in [0.5, 0.6) is 0 Å². The van der Waals surface area contributed by atoms with Crippen molar-refractivity contribution in [2.75, 3.05) is 18.4 Å². The number of carbonyl (C=O) groups is 3. The topological polar surface area (TPSA) is 100 Å². The van der Waals surface area contributed by atoms with E-state index in [2.05, 4.69) is 22.5 Å². The molecule has 0 fully saturated rings. The predicted molar refractivity (Wildman–Crippen MR) is 93.3 cm³/mol. The zero-order chi connectivity index (χ0) is 18.1. The number of benzene rings is 1. The molecule has 2 rings (SSSR count). The fraction of sp³-hybridized carbons (Fsp3) is 0.167. The van der Waals surface area contributed by atoms with Crippen LogP contribution in [0.1, 0.15) is 27.3 Å². The average Bonchev–Trinajstić information content (AvgIpc) is 3.14. The van der Waals surface area contributed by atoms with Crippen LogP contribution in [0.2, 0.25) is 0 Å². The van der Waals surface area contributed by atoms with Crippen LogP contribution in [0.3, 0.4) is 0 Å². The molecule has 1 aromatic carbocycles. The summed E-state index contributed by atoms with van der Waals surface area (Å²) in [5.74, 6) is -0.822. The molecule has 2 aromatic rings. The molecular formula is C18H19N3O4. The number of rotatable bonds is 8. The van der Waals surface area contributed by atoms with Gasteiger partial charge in [0, 0.05) is 19.5 Å². The molecule has 1 aromatic heterocycles. The van der Waals surface area contributed by atoms with Gasteiger partial charge in [-0.1, -0.05) is 18.2 Å². The van der Waals surface area contributed by atoms with Crippen LogP contribution in [0.25, 0.3) is 0 Å². The number of anilines is 1. The molecular weight excluding hydrogens is 322 g/mol. The van der Waals surface area contributed by atoms with Crippen LogP contribution in [-0.2, 0) is 4.79 Å². The van der Waals surface area contributed by atoms with Crippen LogP contribution >= 0.6 is 0 Å². The predicted octanol–water partition coefficient (Wildman–Crippen LogP) is 1.95. The number of carbonyl (C=O) groups excluding carboxylic acids is 3. The highest BCUT2D eigenvalue weighted by Crippen LogP contribution is 2.15. The van der Waals surface area contributed by atoms with Crippen LogP contribution in [0.4, 0.5) is 5.69 Å². The molecule has 1 heterocycles. The highest BCUT2D eigenvalue weighted by Gasteiger charge is 2.13. The Bertz CT molecular complexity index is 753. The molecule has 0 aliphatic rings. The lowest BCUT2D eigenvalue weighted by Gasteiger charge is -2.11. The van der Waals surface area contributed by atoms with Gasteiger partial charge in [0.1, 0.15) is 0 Å². The van der Waals surface area contributed by atoms with Crippen molar-refractivity contribution in [3.63, 3.8) is 0 Å². The lowest BCUT2D eigenvalue weighted by Crippen LogP contribution is -2.28. The van der Waals surface area contributed by atoms with Crippen molar-refractivity contribution in [3.05, 3.63) is 66.6 Å². The van der Waals surface area contributed by atoms with E-state index >= 15 is 0 Å². The Balaban J connectivity index is 1.87. The van der Waals surface area contributed by atoms with E-state index in [-0.39, 0.29) is 36.4 Å². The van der Waals surface area contributed by atoms with Crippen LogP contribution < -0.4 is 16.0 Å². The summed E-state index contributed by atoms with van der Waals surface area (Å²) in [6.45, 7) is 4.02. The average molecular weight is 341 g/mol. The van der Waals surface area contributed by atoms with E-state index in [9.17, 15) is 14.4 Å². The smallest absolute Gasteiger partial charge is 0.286 e. The highest BCUT2D eigenvalue weighted by molar-refractivity contribution is 6.03. The Hall–Kier alpha value is -3.35. The maximum absolute atomic E-state index is 12.1. The Morgan fingerprint density at radius 1 is 1.04 bits per heavy atom. The molecule has 0 saturated heterocycles. The first-order valence-electron chi connectivity index (χ1n) is 7.71. The zero-order valence-electron chi connectivity index (χ0n) is 13.6. The van der Waals surface area contributed by atoms with Gasteiger partial charge in [-0.2, -0.15) is 0 Å². The molecule has 0 unspecified atom stereocenters. The summed E-state index contributed by atoms with van der Waals surface area (Å²) in [6.07, 6.45) is 3.03. The van der Waals surface area contributed by atoms with Crippen LogP contribution in [0.15, 0.2) is 59.7 Å². The molecule has 3 amide bonds. The van der Waals surface area contributed by atoms with Crippen molar-refractivity contribution in [1.82, 2.24) is 10.6 Å². The van der Waals surface area contributed by atoms with Crippen molar-refractivity contribution in [1.29, 1.82) is 0 Å². The number of hydrogen-bond acceptors (Lipinski definition) is 4. The minimum Gasteiger partial charge on any atom is -0.459 e. The minimum absolute atomic E-state index is 0.0645. The molecule has 0 atom stereocenters. The van der Waals surface area contributed by atoms with Crippen molar-refractivity contribution in [2.24, 2.45) is 0 Å². The fourth-order valence-corrected chi connectivity index (χ4v) is 2.05. The highest BCUT2D eigenvalue weighted by atomic mass is 16.3. The van der Waals surface area contributed by atoms with E-state index in [4.69, 9.17) is 4.42 Å². The molecule has 25 heavy (non-hydrogen) atoms. The minimum atomic E-state index is -0.387. The quantitative estimate of drug-likeness (QED) is 0.639. The maximum Gasteiger partial charge on any atom is 0.286 e. The van der Waals surface area contributed by atoms with Crippen LogP contribution in [-0.4, -0.2) is 30.8 Å². The van der Waals surface area contributed by atoms with Gasteiger partial charge in [-0.25, -0.2) is 0 Å². The van der Waals surface area contributed by atoms with Crippen LogP contribution in [0, 0.1) is 0 Å². The van der Waals surface area contributed by atoms with E-state index in [1.54, 1.807) is 36.4 Å². The van der Waals surface area contributed by atoms with Gasteiger partial charge >= 0.3 is 0 Å². The van der Waals surface area contributed by atoms with E-state index < -0.39 is 0 Å². The third kappa shape index (κ3) is 5.35. The normalized spacial score (nSPS) is 9.92. The van der Waals surface area contributed by atoms with E-state index in [1.807, 2.05) is 0 Å². The first-order valence-corrected chi connectivity index (χ1v) is 7.71. The number of amides is 3. The van der Waals surface area contributed by atoms with Gasteiger partial charge in [-0.3, -0.25) is 14.4 Å². The fourth-order valence-electron chi connectivity index (χ4n) is 2.05. The monoisotopic (exact) mass is 341 g/mol. The maximum atomic E-state index is 12.1. The van der Waals surface area contributed by atoms with Crippen molar-refractivity contribution >= 4 is 23.4 Å². The summed E-state index contributed by atoms with van der Waals surface area (Å²) in [5, 5.41) is 7.92. The summed E-state index contributed by atoms with van der Waals surface area (Å²) in [5.41, 5.74) is 0.767. The lowest BCUT2D eigenvalue weighted by atomic mass is 10.1. The van der Waals surface area contributed by atoms with Gasteiger partial charge in [0.2, 0.25) is 5.91 Å². The van der Waals surface area contributed by atoms with Gasteiger partial charge in [-0.05, 0) is 24.3 Å². The van der Waals surface area contributed by atoms with E-state index in [1.165, 1.54) is 12.3 Å². The van der Waals surface area contributed by atoms with Gasteiger partial charge < -0.3 is 20.4 Å². The molecule has 0 bridgehead atoms. The molecule has 0 radical (unpaired) electrons. The molecule has 7 heteroatoms. The van der Waals surface area contributed by atoms with Gasteiger partial charge in [0.25, 0.3) is 11.8 Å². The molecule has 3 N–H and O–H groups in total. The second kappa shape index (κ2) is 9.07. The summed E-state index contributed by atoms with van der Waals surface area (Å²) < 4.78 is 4.96. The lowest BCUT2D eigenvalue weighted by molar-refractivity contribution is -0.116. The molecule has 0 spiro atoms. The Kier molecular flexibility index (Phi) is 6.53. The van der Waals surface area contributed by atoms with Crippen molar-refractivity contribution < 1.29 is 18.8 Å². The van der Waals surface area contributed by atoms with Gasteiger partial charge in [-0.15, -0.1) is 6.58 Å². The molecule has 0 aliphatic carbocycles.